The Morgan fingerprint density at radius 1 is 1.22 bits per heavy atom. The van der Waals surface area contributed by atoms with Crippen molar-refractivity contribution in [2.24, 2.45) is 5.92 Å². The molecule has 0 bridgehead atoms. The van der Waals surface area contributed by atoms with Crippen LogP contribution in [0, 0.1) is 5.92 Å². The number of para-hydroxylation sites is 2. The van der Waals surface area contributed by atoms with Gasteiger partial charge in [0.05, 0.1) is 17.8 Å². The van der Waals surface area contributed by atoms with Crippen molar-refractivity contribution in [1.82, 2.24) is 5.32 Å². The minimum atomic E-state index is -4.01. The van der Waals surface area contributed by atoms with Crippen LogP contribution in [-0.4, -0.2) is 27.5 Å². The first-order valence-corrected chi connectivity index (χ1v) is 10.4. The average molecular weight is 409 g/mol. The fourth-order valence-corrected chi connectivity index (χ4v) is 4.38. The van der Waals surface area contributed by atoms with E-state index in [1.165, 1.54) is 25.3 Å². The molecule has 0 heterocycles. The van der Waals surface area contributed by atoms with Crippen molar-refractivity contribution in [3.63, 3.8) is 0 Å². The predicted molar refractivity (Wildman–Crippen MR) is 105 cm³/mol. The number of halogens is 1. The second-order valence-corrected chi connectivity index (χ2v) is 8.61. The third kappa shape index (κ3) is 4.54. The third-order valence-electron chi connectivity index (χ3n) is 4.52. The van der Waals surface area contributed by atoms with E-state index in [-0.39, 0.29) is 33.1 Å². The van der Waals surface area contributed by atoms with Crippen LogP contribution in [0.5, 0.6) is 5.75 Å². The molecule has 1 aliphatic rings. The number of carbonyl (C=O) groups is 1. The quantitative estimate of drug-likeness (QED) is 0.731. The topological polar surface area (TPSA) is 84.5 Å². The minimum absolute atomic E-state index is 0.0317. The summed E-state index contributed by atoms with van der Waals surface area (Å²) in [7, 11) is -2.56. The maximum Gasteiger partial charge on any atom is 0.263 e. The van der Waals surface area contributed by atoms with E-state index in [0.717, 1.165) is 12.8 Å². The van der Waals surface area contributed by atoms with E-state index in [0.29, 0.717) is 11.7 Å². The molecule has 1 aliphatic carbocycles. The van der Waals surface area contributed by atoms with Gasteiger partial charge in [0.25, 0.3) is 15.9 Å². The number of hydrogen-bond donors (Lipinski definition) is 2. The molecule has 0 saturated heterocycles. The molecule has 1 saturated carbocycles. The summed E-state index contributed by atoms with van der Waals surface area (Å²) in [5, 5.41) is 2.94. The molecule has 3 rings (SSSR count). The highest BCUT2D eigenvalue weighted by atomic mass is 35.5. The zero-order valence-electron chi connectivity index (χ0n) is 15.0. The van der Waals surface area contributed by atoms with Gasteiger partial charge in [0, 0.05) is 11.6 Å². The SMILES string of the molecule is COc1ccccc1NS(=O)(=O)c1cc(C(=O)N[C@H](C)C2CC2)ccc1Cl. The van der Waals surface area contributed by atoms with Gasteiger partial charge in [-0.2, -0.15) is 0 Å². The summed E-state index contributed by atoms with van der Waals surface area (Å²) in [5.41, 5.74) is 0.528. The van der Waals surface area contributed by atoms with Crippen LogP contribution in [0.1, 0.15) is 30.1 Å². The lowest BCUT2D eigenvalue weighted by Gasteiger charge is -2.15. The molecule has 144 valence electrons. The van der Waals surface area contributed by atoms with Crippen molar-refractivity contribution in [3.05, 3.63) is 53.1 Å². The molecule has 27 heavy (non-hydrogen) atoms. The van der Waals surface area contributed by atoms with Crippen LogP contribution in [-0.2, 0) is 10.0 Å². The van der Waals surface area contributed by atoms with Crippen LogP contribution < -0.4 is 14.8 Å². The van der Waals surface area contributed by atoms with Gasteiger partial charge in [-0.3, -0.25) is 9.52 Å². The lowest BCUT2D eigenvalue weighted by molar-refractivity contribution is 0.0935. The highest BCUT2D eigenvalue weighted by molar-refractivity contribution is 7.92. The molecule has 8 heteroatoms. The van der Waals surface area contributed by atoms with Gasteiger partial charge in [0.2, 0.25) is 0 Å². The van der Waals surface area contributed by atoms with Gasteiger partial charge in [0.1, 0.15) is 10.6 Å². The van der Waals surface area contributed by atoms with Gasteiger partial charge in [-0.05, 0) is 56.0 Å². The summed E-state index contributed by atoms with van der Waals surface area (Å²) < 4.78 is 33.3. The first-order valence-electron chi connectivity index (χ1n) is 8.58. The fourth-order valence-electron chi connectivity index (χ4n) is 2.78. The molecule has 1 fully saturated rings. The molecule has 2 aromatic rings. The molecule has 1 amide bonds. The predicted octanol–water partition coefficient (Wildman–Crippen LogP) is 3.68. The number of ether oxygens (including phenoxy) is 1. The van der Waals surface area contributed by atoms with E-state index >= 15 is 0 Å². The van der Waals surface area contributed by atoms with Gasteiger partial charge < -0.3 is 10.1 Å². The Morgan fingerprint density at radius 2 is 1.93 bits per heavy atom. The molecule has 6 nitrogen and oxygen atoms in total. The van der Waals surface area contributed by atoms with Crippen LogP contribution >= 0.6 is 11.6 Å². The Balaban J connectivity index is 1.87. The van der Waals surface area contributed by atoms with Crippen LogP contribution in [0.2, 0.25) is 5.02 Å². The summed E-state index contributed by atoms with van der Waals surface area (Å²) in [6.45, 7) is 1.95. The first-order chi connectivity index (χ1) is 12.8. The van der Waals surface area contributed by atoms with Crippen molar-refractivity contribution >= 4 is 33.2 Å². The van der Waals surface area contributed by atoms with E-state index in [9.17, 15) is 13.2 Å². The number of hydrogen-bond acceptors (Lipinski definition) is 4. The molecule has 2 N–H and O–H groups in total. The van der Waals surface area contributed by atoms with Crippen molar-refractivity contribution in [3.8, 4) is 5.75 Å². The van der Waals surface area contributed by atoms with Crippen molar-refractivity contribution in [2.45, 2.75) is 30.7 Å². The lowest BCUT2D eigenvalue weighted by Crippen LogP contribution is -2.34. The molecule has 2 aromatic carbocycles. The zero-order valence-corrected chi connectivity index (χ0v) is 16.6. The monoisotopic (exact) mass is 408 g/mol. The van der Waals surface area contributed by atoms with E-state index in [4.69, 9.17) is 16.3 Å². The highest BCUT2D eigenvalue weighted by Crippen LogP contribution is 2.33. The van der Waals surface area contributed by atoms with Crippen LogP contribution in [0.25, 0.3) is 0 Å². The number of sulfonamides is 1. The Morgan fingerprint density at radius 3 is 2.59 bits per heavy atom. The average Bonchev–Trinajstić information content (AvgIpc) is 3.47. The molecule has 0 aliphatic heterocycles. The van der Waals surface area contributed by atoms with Gasteiger partial charge >= 0.3 is 0 Å². The number of nitrogens with one attached hydrogen (secondary N) is 2. The number of anilines is 1. The largest absolute Gasteiger partial charge is 0.495 e. The lowest BCUT2D eigenvalue weighted by atomic mass is 10.1. The van der Waals surface area contributed by atoms with Crippen molar-refractivity contribution < 1.29 is 17.9 Å². The normalized spacial score (nSPS) is 15.1. The van der Waals surface area contributed by atoms with Crippen LogP contribution in [0.3, 0.4) is 0 Å². The smallest absolute Gasteiger partial charge is 0.263 e. The Labute approximate surface area is 163 Å². The van der Waals surface area contributed by atoms with Crippen molar-refractivity contribution in [1.29, 1.82) is 0 Å². The van der Waals surface area contributed by atoms with Gasteiger partial charge in [0.15, 0.2) is 0 Å². The van der Waals surface area contributed by atoms with E-state index in [1.54, 1.807) is 24.3 Å². The van der Waals surface area contributed by atoms with E-state index in [1.807, 2.05) is 6.92 Å². The van der Waals surface area contributed by atoms with Crippen molar-refractivity contribution in [2.75, 3.05) is 11.8 Å². The number of methoxy groups -OCH3 is 1. The second kappa shape index (κ2) is 7.78. The molecule has 0 radical (unpaired) electrons. The van der Waals surface area contributed by atoms with E-state index < -0.39 is 10.0 Å². The summed E-state index contributed by atoms with van der Waals surface area (Å²) >= 11 is 6.11. The van der Waals surface area contributed by atoms with Crippen LogP contribution in [0.4, 0.5) is 5.69 Å². The number of benzene rings is 2. The standard InChI is InChI=1S/C19H21ClN2O4S/c1-12(13-7-8-13)21-19(23)14-9-10-15(20)18(11-14)27(24,25)22-16-5-3-4-6-17(16)26-2/h3-6,9-13,22H,7-8H2,1-2H3,(H,21,23)/t12-/m1/s1. The summed E-state index contributed by atoms with van der Waals surface area (Å²) in [5.74, 6) is 0.556. The minimum Gasteiger partial charge on any atom is -0.495 e. The van der Waals surface area contributed by atoms with Gasteiger partial charge in [-0.25, -0.2) is 8.42 Å². The number of carbonyl (C=O) groups excluding carboxylic acids is 1. The molecule has 0 aromatic heterocycles. The van der Waals surface area contributed by atoms with E-state index in [2.05, 4.69) is 10.0 Å². The Bertz CT molecular complexity index is 958. The first kappa shape index (κ1) is 19.5. The number of rotatable bonds is 7. The summed E-state index contributed by atoms with van der Waals surface area (Å²) in [6, 6.07) is 10.9. The molecular weight excluding hydrogens is 388 g/mol. The van der Waals surface area contributed by atoms with Gasteiger partial charge in [-0.1, -0.05) is 23.7 Å². The third-order valence-corrected chi connectivity index (χ3v) is 6.37. The Kier molecular flexibility index (Phi) is 5.62. The molecule has 0 unspecified atom stereocenters. The maximum atomic E-state index is 12.8. The maximum absolute atomic E-state index is 12.8. The van der Waals surface area contributed by atoms with Gasteiger partial charge in [-0.15, -0.1) is 0 Å². The molecular formula is C19H21ClN2O4S. The summed E-state index contributed by atoms with van der Waals surface area (Å²) in [6.07, 6.45) is 2.20. The fraction of sp³-hybridized carbons (Fsp3) is 0.316. The second-order valence-electron chi connectivity index (χ2n) is 6.55. The molecule has 1 atom stereocenters. The highest BCUT2D eigenvalue weighted by Gasteiger charge is 2.29. The molecule has 0 spiro atoms. The Hall–Kier alpha value is -2.25. The zero-order chi connectivity index (χ0) is 19.6. The summed E-state index contributed by atoms with van der Waals surface area (Å²) in [4.78, 5) is 12.3. The number of amides is 1. The van der Waals surface area contributed by atoms with Crippen LogP contribution in [0.15, 0.2) is 47.4 Å².